The molecule has 0 aliphatic heterocycles. The van der Waals surface area contributed by atoms with Crippen molar-refractivity contribution in [1.29, 1.82) is 0 Å². The van der Waals surface area contributed by atoms with E-state index >= 15 is 0 Å². The van der Waals surface area contributed by atoms with Crippen molar-refractivity contribution in [2.24, 2.45) is 0 Å². The number of hydrogen-bond donors (Lipinski definition) is 0. The molecule has 0 amide bonds. The molecule has 1 aromatic rings. The minimum Gasteiger partial charge on any atom is -1.00 e. The van der Waals surface area contributed by atoms with Gasteiger partial charge < -0.3 is 37.2 Å². The van der Waals surface area contributed by atoms with Crippen molar-refractivity contribution in [2.75, 3.05) is 0 Å². The molecule has 2 rings (SSSR count). The molecular formula is C19H27Cl3SiTi. The molecule has 0 atom stereocenters. The van der Waals surface area contributed by atoms with Crippen molar-refractivity contribution in [3.05, 3.63) is 50.6 Å². The summed E-state index contributed by atoms with van der Waals surface area (Å²) in [7, 11) is -0.257. The number of allylic oxidation sites excluding steroid dienone is 4. The van der Waals surface area contributed by atoms with Crippen molar-refractivity contribution in [2.45, 2.75) is 58.8 Å². The average Bonchev–Trinajstić information content (AvgIpc) is 2.78. The van der Waals surface area contributed by atoms with Crippen LogP contribution in [0.2, 0.25) is 0 Å². The van der Waals surface area contributed by atoms with E-state index in [9.17, 15) is 0 Å². The fraction of sp³-hybridized carbons (Fsp3) is 0.474. The van der Waals surface area contributed by atoms with Gasteiger partial charge in [-0.3, -0.25) is 0 Å². The first kappa shape index (κ1) is 26.7. The topological polar surface area (TPSA) is 0 Å². The van der Waals surface area contributed by atoms with Crippen LogP contribution < -0.4 is 42.4 Å². The van der Waals surface area contributed by atoms with Crippen LogP contribution in [-0.4, -0.2) is 9.52 Å². The van der Waals surface area contributed by atoms with Gasteiger partial charge in [-0.1, -0.05) is 0 Å². The molecule has 0 saturated heterocycles. The second-order valence-corrected chi connectivity index (χ2v) is 8.91. The van der Waals surface area contributed by atoms with Gasteiger partial charge in [0.05, 0.1) is 0 Å². The van der Waals surface area contributed by atoms with Crippen LogP contribution in [0.25, 0.3) is 0 Å². The Bertz CT molecular complexity index is 527. The fourth-order valence-electron chi connectivity index (χ4n) is 3.21. The second kappa shape index (κ2) is 14.6. The molecule has 0 spiro atoms. The van der Waals surface area contributed by atoms with Gasteiger partial charge in [-0.05, 0) is 0 Å². The van der Waals surface area contributed by atoms with Crippen LogP contribution in [0.1, 0.15) is 58.8 Å². The minimum atomic E-state index is -0.257. The summed E-state index contributed by atoms with van der Waals surface area (Å²) in [5, 5.41) is 3.43. The Morgan fingerprint density at radius 2 is 1.58 bits per heavy atom. The third-order valence-corrected chi connectivity index (χ3v) is 7.36. The summed E-state index contributed by atoms with van der Waals surface area (Å²) in [5.74, 6) is 0. The number of hydrogen-bond acceptors (Lipinski definition) is 0. The summed E-state index contributed by atoms with van der Waals surface area (Å²) >= 11 is 2.39. The largest absolute Gasteiger partial charge is 1.00 e. The summed E-state index contributed by atoms with van der Waals surface area (Å²) in [5.41, 5.74) is 3.49. The minimum absolute atomic E-state index is 0. The van der Waals surface area contributed by atoms with E-state index in [0.29, 0.717) is 0 Å². The van der Waals surface area contributed by atoms with Gasteiger partial charge in [-0.15, -0.1) is 0 Å². The summed E-state index contributed by atoms with van der Waals surface area (Å²) in [6.07, 6.45) is 9.28. The summed E-state index contributed by atoms with van der Waals surface area (Å²) in [6.45, 7) is 4.61. The Labute approximate surface area is 180 Å². The molecule has 0 N–H and O–H groups in total. The van der Waals surface area contributed by atoms with Crippen LogP contribution in [0, 0.1) is 0 Å². The zero-order valence-corrected chi connectivity index (χ0v) is 19.9. The van der Waals surface area contributed by atoms with E-state index in [-0.39, 0.29) is 46.7 Å². The molecule has 0 unspecified atom stereocenters. The number of unbranched alkanes of at least 4 members (excludes halogenated alkanes) is 2. The number of rotatable bonds is 8. The van der Waals surface area contributed by atoms with Gasteiger partial charge in [-0.2, -0.15) is 0 Å². The molecule has 24 heavy (non-hydrogen) atoms. The Balaban J connectivity index is 0. The van der Waals surface area contributed by atoms with E-state index < -0.39 is 0 Å². The monoisotopic (exact) mass is 436 g/mol. The van der Waals surface area contributed by atoms with E-state index in [1.807, 2.05) is 5.20 Å². The third-order valence-electron chi connectivity index (χ3n) is 4.35. The van der Waals surface area contributed by atoms with Gasteiger partial charge in [-0.25, -0.2) is 0 Å². The van der Waals surface area contributed by atoms with Crippen LogP contribution >= 0.6 is 0 Å². The molecule has 0 aromatic heterocycles. The van der Waals surface area contributed by atoms with E-state index in [1.165, 1.54) is 44.9 Å². The van der Waals surface area contributed by atoms with Gasteiger partial charge >= 0.3 is 144 Å². The van der Waals surface area contributed by atoms with E-state index in [1.54, 1.807) is 20.2 Å². The fourth-order valence-corrected chi connectivity index (χ4v) is 6.28. The van der Waals surface area contributed by atoms with Gasteiger partial charge in [0.2, 0.25) is 0 Å². The summed E-state index contributed by atoms with van der Waals surface area (Å²) in [4.78, 5) is 0. The van der Waals surface area contributed by atoms with Crippen LogP contribution in [0.5, 0.6) is 0 Å². The maximum Gasteiger partial charge on any atom is -1.00 e. The van der Waals surface area contributed by atoms with Crippen molar-refractivity contribution < 1.29 is 57.7 Å². The second-order valence-electron chi connectivity index (χ2n) is 6.11. The van der Waals surface area contributed by atoms with E-state index in [4.69, 9.17) is 0 Å². The first-order valence-corrected chi connectivity index (χ1v) is 10.6. The van der Waals surface area contributed by atoms with Crippen molar-refractivity contribution >= 4 is 14.7 Å². The molecule has 5 heteroatoms. The van der Waals surface area contributed by atoms with Gasteiger partial charge in [0.25, 0.3) is 0 Å². The standard InChI is InChI=1S/C19H27Si.3ClH.Ti/c1-3-5-7-11-16-14-17(10-4-2)19(15-16)20-18-12-8-6-9-13-18;;;;/h6,8-9,12-13H,3-5,7,10-11,15,20H2,1-2H3;3*1H;/q;;;;+3/p-3. The summed E-state index contributed by atoms with van der Waals surface area (Å²) < 4.78 is 1.66. The predicted octanol–water partition coefficient (Wildman–Crippen LogP) is -4.67. The Kier molecular flexibility index (Phi) is 16.3. The zero-order chi connectivity index (χ0) is 15.1. The molecule has 132 valence electrons. The average molecular weight is 438 g/mol. The smallest absolute Gasteiger partial charge is 1.00 e. The molecule has 0 saturated carbocycles. The molecule has 1 aliphatic carbocycles. The molecule has 0 radical (unpaired) electrons. The molecular weight excluding hydrogens is 411 g/mol. The number of benzene rings is 1. The van der Waals surface area contributed by atoms with Crippen molar-refractivity contribution in [3.63, 3.8) is 0 Å². The Hall–Kier alpha value is 0.501. The molecule has 1 aliphatic rings. The van der Waals surface area contributed by atoms with Crippen LogP contribution in [0.4, 0.5) is 0 Å². The van der Waals surface area contributed by atoms with Crippen molar-refractivity contribution in [1.82, 2.24) is 0 Å². The van der Waals surface area contributed by atoms with Gasteiger partial charge in [0, 0.05) is 0 Å². The first-order valence-electron chi connectivity index (χ1n) is 8.45. The van der Waals surface area contributed by atoms with Crippen LogP contribution in [-0.2, 0) is 20.4 Å². The Morgan fingerprint density at radius 1 is 0.917 bits per heavy atom. The predicted molar refractivity (Wildman–Crippen MR) is 92.3 cm³/mol. The van der Waals surface area contributed by atoms with Crippen molar-refractivity contribution in [3.8, 4) is 0 Å². The third kappa shape index (κ3) is 7.81. The molecule has 0 fully saturated rings. The zero-order valence-electron chi connectivity index (χ0n) is 14.7. The van der Waals surface area contributed by atoms with Gasteiger partial charge in [0.15, 0.2) is 0 Å². The molecule has 0 bridgehead atoms. The Morgan fingerprint density at radius 3 is 2.17 bits per heavy atom. The van der Waals surface area contributed by atoms with E-state index in [2.05, 4.69) is 64.6 Å². The summed E-state index contributed by atoms with van der Waals surface area (Å²) in [6, 6.07) is 11.2. The molecule has 0 nitrogen and oxygen atoms in total. The molecule has 1 aromatic carbocycles. The maximum atomic E-state index is 2.39. The van der Waals surface area contributed by atoms with Crippen LogP contribution in [0.15, 0.2) is 50.6 Å². The maximum absolute atomic E-state index is 2.39. The number of halogens is 3. The van der Waals surface area contributed by atoms with Crippen LogP contribution in [0.3, 0.4) is 0 Å². The van der Waals surface area contributed by atoms with Gasteiger partial charge in [0.1, 0.15) is 0 Å². The quantitative estimate of drug-likeness (QED) is 0.283. The first-order chi connectivity index (χ1) is 10.3. The normalized spacial score (nSPS) is 13.8. The van der Waals surface area contributed by atoms with E-state index in [0.717, 1.165) is 0 Å². The SMILES string of the molecule is CCCCCC1=[C]([Ti+3])C(CCC)=C([SiH2]c2ccccc2)C1.[Cl-].[Cl-].[Cl-]. The molecule has 0 heterocycles.